The summed E-state index contributed by atoms with van der Waals surface area (Å²) in [6.45, 7) is 1.86. The van der Waals surface area contributed by atoms with Gasteiger partial charge in [0.2, 0.25) is 5.43 Å². The Labute approximate surface area is 102 Å². The lowest BCUT2D eigenvalue weighted by molar-refractivity contribution is 0.0524. The van der Waals surface area contributed by atoms with E-state index in [9.17, 15) is 14.4 Å². The summed E-state index contributed by atoms with van der Waals surface area (Å²) in [5.41, 5.74) is 0.450. The van der Waals surface area contributed by atoms with Crippen molar-refractivity contribution < 1.29 is 14.3 Å². The normalized spacial score (nSPS) is 10.3. The molecular formula is C13H11NO4. The highest BCUT2D eigenvalue weighted by Gasteiger charge is 2.13. The number of pyridine rings is 1. The molecule has 0 fully saturated rings. The van der Waals surface area contributed by atoms with Gasteiger partial charge in [-0.25, -0.2) is 4.79 Å². The number of carbonyl (C=O) groups excluding carboxylic acids is 2. The molecule has 0 spiro atoms. The molecule has 0 amide bonds. The number of aromatic nitrogens is 1. The number of aromatic amines is 1. The van der Waals surface area contributed by atoms with Crippen LogP contribution in [0.15, 0.2) is 29.2 Å². The number of ether oxygens (including phenoxy) is 1. The fourth-order valence-corrected chi connectivity index (χ4v) is 1.67. The zero-order valence-electron chi connectivity index (χ0n) is 9.73. The van der Waals surface area contributed by atoms with Crippen LogP contribution < -0.4 is 5.43 Å². The van der Waals surface area contributed by atoms with Gasteiger partial charge < -0.3 is 9.72 Å². The van der Waals surface area contributed by atoms with Crippen LogP contribution in [-0.4, -0.2) is 23.8 Å². The van der Waals surface area contributed by atoms with Crippen molar-refractivity contribution >= 4 is 23.2 Å². The van der Waals surface area contributed by atoms with Crippen molar-refractivity contribution in [2.45, 2.75) is 6.92 Å². The van der Waals surface area contributed by atoms with Gasteiger partial charge in [-0.15, -0.1) is 0 Å². The molecule has 1 aromatic heterocycles. The lowest BCUT2D eigenvalue weighted by atomic mass is 10.1. The highest BCUT2D eigenvalue weighted by molar-refractivity contribution is 5.94. The van der Waals surface area contributed by atoms with Gasteiger partial charge in [0.05, 0.1) is 6.61 Å². The standard InChI is InChI=1S/C13H11NO4/c1-2-18-13(17)10-6-14-11-4-3-8(7-15)5-9(11)12(10)16/h3-7H,2H2,1H3,(H,14,16). The average Bonchev–Trinajstić information content (AvgIpc) is 2.39. The largest absolute Gasteiger partial charge is 0.462 e. The van der Waals surface area contributed by atoms with Crippen LogP contribution >= 0.6 is 0 Å². The molecule has 0 radical (unpaired) electrons. The van der Waals surface area contributed by atoms with Gasteiger partial charge in [0.1, 0.15) is 11.8 Å². The molecule has 0 aliphatic heterocycles. The first-order valence-corrected chi connectivity index (χ1v) is 5.45. The van der Waals surface area contributed by atoms with E-state index in [1.165, 1.54) is 12.3 Å². The number of H-pyrrole nitrogens is 1. The Morgan fingerprint density at radius 1 is 1.44 bits per heavy atom. The highest BCUT2D eigenvalue weighted by Crippen LogP contribution is 2.10. The molecule has 0 saturated carbocycles. The molecule has 5 nitrogen and oxygen atoms in total. The molecule has 0 aliphatic rings. The van der Waals surface area contributed by atoms with E-state index in [0.717, 1.165) is 0 Å². The van der Waals surface area contributed by atoms with Crippen LogP contribution in [0.1, 0.15) is 27.6 Å². The van der Waals surface area contributed by atoms with Gasteiger partial charge in [0.15, 0.2) is 0 Å². The second-order valence-electron chi connectivity index (χ2n) is 3.67. The van der Waals surface area contributed by atoms with E-state index < -0.39 is 11.4 Å². The minimum Gasteiger partial charge on any atom is -0.462 e. The van der Waals surface area contributed by atoms with Gasteiger partial charge in [-0.1, -0.05) is 0 Å². The van der Waals surface area contributed by atoms with E-state index in [0.29, 0.717) is 22.8 Å². The van der Waals surface area contributed by atoms with Crippen LogP contribution in [0.4, 0.5) is 0 Å². The Bertz CT molecular complexity index is 672. The quantitative estimate of drug-likeness (QED) is 0.657. The Hall–Kier alpha value is -2.43. The molecule has 2 rings (SSSR count). The summed E-state index contributed by atoms with van der Waals surface area (Å²) >= 11 is 0. The maximum atomic E-state index is 12.1. The number of hydrogen-bond donors (Lipinski definition) is 1. The van der Waals surface area contributed by atoms with Crippen molar-refractivity contribution in [3.8, 4) is 0 Å². The molecular weight excluding hydrogens is 234 g/mol. The molecule has 2 aromatic rings. The van der Waals surface area contributed by atoms with E-state index in [1.807, 2.05) is 0 Å². The number of rotatable bonds is 3. The molecule has 0 bridgehead atoms. The predicted octanol–water partition coefficient (Wildman–Crippen LogP) is 1.52. The van der Waals surface area contributed by atoms with E-state index in [2.05, 4.69) is 4.98 Å². The van der Waals surface area contributed by atoms with Crippen LogP contribution in [0, 0.1) is 0 Å². The van der Waals surface area contributed by atoms with E-state index in [1.54, 1.807) is 19.1 Å². The fourth-order valence-electron chi connectivity index (χ4n) is 1.67. The molecule has 1 aromatic carbocycles. The summed E-state index contributed by atoms with van der Waals surface area (Å²) in [4.78, 5) is 37.1. The topological polar surface area (TPSA) is 76.2 Å². The Morgan fingerprint density at radius 3 is 2.89 bits per heavy atom. The Kier molecular flexibility index (Phi) is 3.23. The van der Waals surface area contributed by atoms with Crippen molar-refractivity contribution in [2.75, 3.05) is 6.61 Å². The average molecular weight is 245 g/mol. The molecule has 92 valence electrons. The van der Waals surface area contributed by atoms with Crippen molar-refractivity contribution in [1.29, 1.82) is 0 Å². The highest BCUT2D eigenvalue weighted by atomic mass is 16.5. The molecule has 1 heterocycles. The number of nitrogens with one attached hydrogen (secondary N) is 1. The first kappa shape index (κ1) is 12.0. The Morgan fingerprint density at radius 2 is 2.22 bits per heavy atom. The minimum atomic E-state index is -0.669. The maximum absolute atomic E-state index is 12.1. The Balaban J connectivity index is 2.65. The molecule has 1 N–H and O–H groups in total. The van der Waals surface area contributed by atoms with Gasteiger partial charge in [-0.05, 0) is 25.1 Å². The van der Waals surface area contributed by atoms with Crippen LogP contribution in [0.2, 0.25) is 0 Å². The molecule has 18 heavy (non-hydrogen) atoms. The van der Waals surface area contributed by atoms with E-state index in [4.69, 9.17) is 4.74 Å². The van der Waals surface area contributed by atoms with E-state index >= 15 is 0 Å². The van der Waals surface area contributed by atoms with Crippen molar-refractivity contribution in [1.82, 2.24) is 4.98 Å². The predicted molar refractivity (Wildman–Crippen MR) is 65.9 cm³/mol. The van der Waals surface area contributed by atoms with Gasteiger partial charge in [0, 0.05) is 22.7 Å². The van der Waals surface area contributed by atoms with Crippen molar-refractivity contribution in [3.05, 3.63) is 45.7 Å². The fraction of sp³-hybridized carbons (Fsp3) is 0.154. The second-order valence-corrected chi connectivity index (χ2v) is 3.67. The first-order chi connectivity index (χ1) is 8.67. The summed E-state index contributed by atoms with van der Waals surface area (Å²) < 4.78 is 4.79. The van der Waals surface area contributed by atoms with Gasteiger partial charge in [-0.2, -0.15) is 0 Å². The van der Waals surface area contributed by atoms with Crippen molar-refractivity contribution in [2.24, 2.45) is 0 Å². The minimum absolute atomic E-state index is 0.0626. The van der Waals surface area contributed by atoms with Crippen molar-refractivity contribution in [3.63, 3.8) is 0 Å². The summed E-state index contributed by atoms with van der Waals surface area (Å²) in [5.74, 6) is -0.669. The van der Waals surface area contributed by atoms with Gasteiger partial charge >= 0.3 is 5.97 Å². The van der Waals surface area contributed by atoms with Crippen LogP contribution in [0.5, 0.6) is 0 Å². The maximum Gasteiger partial charge on any atom is 0.343 e. The number of benzene rings is 1. The van der Waals surface area contributed by atoms with E-state index in [-0.39, 0.29) is 12.2 Å². The monoisotopic (exact) mass is 245 g/mol. The lowest BCUT2D eigenvalue weighted by Gasteiger charge is -2.03. The molecule has 0 unspecified atom stereocenters. The summed E-state index contributed by atoms with van der Waals surface area (Å²) in [6, 6.07) is 4.66. The third kappa shape index (κ3) is 2.02. The second kappa shape index (κ2) is 4.83. The first-order valence-electron chi connectivity index (χ1n) is 5.45. The number of hydrogen-bond acceptors (Lipinski definition) is 4. The van der Waals surface area contributed by atoms with Crippen LogP contribution in [-0.2, 0) is 4.74 Å². The van der Waals surface area contributed by atoms with Crippen LogP contribution in [0.25, 0.3) is 10.9 Å². The number of carbonyl (C=O) groups is 2. The lowest BCUT2D eigenvalue weighted by Crippen LogP contribution is -2.18. The van der Waals surface area contributed by atoms with Gasteiger partial charge in [0.25, 0.3) is 0 Å². The van der Waals surface area contributed by atoms with Gasteiger partial charge in [-0.3, -0.25) is 9.59 Å². The molecule has 0 saturated heterocycles. The third-order valence-electron chi connectivity index (χ3n) is 2.54. The number of fused-ring (bicyclic) bond motifs is 1. The molecule has 5 heteroatoms. The summed E-state index contributed by atoms with van der Waals surface area (Å²) in [7, 11) is 0. The summed E-state index contributed by atoms with van der Waals surface area (Å²) in [6.07, 6.45) is 1.97. The van der Waals surface area contributed by atoms with Crippen LogP contribution in [0.3, 0.4) is 0 Å². The number of esters is 1. The molecule has 0 atom stereocenters. The SMILES string of the molecule is CCOC(=O)c1c[nH]c2ccc(C=O)cc2c1=O. The molecule has 0 aliphatic carbocycles. The third-order valence-corrected chi connectivity index (χ3v) is 2.54. The summed E-state index contributed by atoms with van der Waals surface area (Å²) in [5, 5.41) is 0.296. The number of aldehydes is 1. The zero-order valence-corrected chi connectivity index (χ0v) is 9.73. The zero-order chi connectivity index (χ0) is 13.1. The smallest absolute Gasteiger partial charge is 0.343 e.